The van der Waals surface area contributed by atoms with Crippen molar-refractivity contribution < 1.29 is 13.5 Å². The number of nitrogens with zero attached hydrogens (tertiary/aromatic N) is 2. The van der Waals surface area contributed by atoms with Gasteiger partial charge in [-0.15, -0.1) is 11.3 Å². The van der Waals surface area contributed by atoms with Gasteiger partial charge >= 0.3 is 0 Å². The van der Waals surface area contributed by atoms with Crippen molar-refractivity contribution in [2.75, 3.05) is 23.5 Å². The first-order valence-electron chi connectivity index (χ1n) is 6.57. The minimum absolute atomic E-state index is 0.0229. The van der Waals surface area contributed by atoms with Crippen LogP contribution >= 0.6 is 11.3 Å². The molecule has 1 aliphatic carbocycles. The minimum Gasteiger partial charge on any atom is -0.387 e. The number of rotatable bonds is 2. The van der Waals surface area contributed by atoms with Crippen LogP contribution in [0.5, 0.6) is 0 Å². The Morgan fingerprint density at radius 2 is 2.21 bits per heavy atom. The van der Waals surface area contributed by atoms with Crippen molar-refractivity contribution in [3.8, 4) is 0 Å². The van der Waals surface area contributed by atoms with E-state index in [9.17, 15) is 13.5 Å². The molecule has 106 valence electrons. The number of sulfone groups is 1. The molecule has 19 heavy (non-hydrogen) atoms. The summed E-state index contributed by atoms with van der Waals surface area (Å²) >= 11 is 1.59. The van der Waals surface area contributed by atoms with Gasteiger partial charge < -0.3 is 10.0 Å². The summed E-state index contributed by atoms with van der Waals surface area (Å²) in [7, 11) is -0.971. The Morgan fingerprint density at radius 3 is 2.84 bits per heavy atom. The molecule has 0 bridgehead atoms. The van der Waals surface area contributed by atoms with Crippen molar-refractivity contribution in [1.82, 2.24) is 4.98 Å². The topological polar surface area (TPSA) is 70.5 Å². The predicted octanol–water partition coefficient (Wildman–Crippen LogP) is 1.14. The van der Waals surface area contributed by atoms with E-state index in [1.807, 2.05) is 11.9 Å². The van der Waals surface area contributed by atoms with Crippen molar-refractivity contribution in [1.29, 1.82) is 0 Å². The number of hydrogen-bond donors (Lipinski definition) is 1. The summed E-state index contributed by atoms with van der Waals surface area (Å²) in [5.74, 6) is 0.492. The number of aryl methyl sites for hydroxylation is 1. The van der Waals surface area contributed by atoms with Crippen LogP contribution in [0, 0.1) is 0 Å². The lowest BCUT2D eigenvalue weighted by Gasteiger charge is -2.22. The fraction of sp³-hybridized carbons (Fsp3) is 0.750. The third-order valence-corrected chi connectivity index (χ3v) is 6.94. The number of fused-ring (bicyclic) bond motifs is 1. The predicted molar refractivity (Wildman–Crippen MR) is 75.5 cm³/mol. The summed E-state index contributed by atoms with van der Waals surface area (Å²) in [6.07, 6.45) is 2.97. The van der Waals surface area contributed by atoms with Crippen molar-refractivity contribution in [2.24, 2.45) is 0 Å². The second-order valence-electron chi connectivity index (χ2n) is 5.38. The van der Waals surface area contributed by atoms with E-state index in [1.165, 1.54) is 0 Å². The van der Waals surface area contributed by atoms with E-state index in [1.54, 1.807) is 11.3 Å². The minimum atomic E-state index is -2.88. The molecule has 1 N–H and O–H groups in total. The van der Waals surface area contributed by atoms with Crippen LogP contribution in [-0.2, 0) is 16.3 Å². The maximum Gasteiger partial charge on any atom is 0.185 e. The fourth-order valence-electron chi connectivity index (χ4n) is 2.77. The number of aliphatic hydroxyl groups is 1. The highest BCUT2D eigenvalue weighted by atomic mass is 32.2. The number of aliphatic hydroxyl groups excluding tert-OH is 1. The number of hydrogen-bond acceptors (Lipinski definition) is 6. The van der Waals surface area contributed by atoms with E-state index in [0.717, 1.165) is 35.0 Å². The van der Waals surface area contributed by atoms with E-state index < -0.39 is 15.9 Å². The van der Waals surface area contributed by atoms with Crippen molar-refractivity contribution in [3.63, 3.8) is 0 Å². The second-order valence-corrected chi connectivity index (χ2v) is 8.67. The van der Waals surface area contributed by atoms with Gasteiger partial charge in [0.25, 0.3) is 0 Å². The van der Waals surface area contributed by atoms with Gasteiger partial charge in [0.15, 0.2) is 15.0 Å². The van der Waals surface area contributed by atoms with Crippen LogP contribution in [0.25, 0.3) is 0 Å². The first-order chi connectivity index (χ1) is 8.96. The highest BCUT2D eigenvalue weighted by Gasteiger charge is 2.33. The molecule has 0 spiro atoms. The molecule has 0 amide bonds. The largest absolute Gasteiger partial charge is 0.387 e. The molecule has 0 radical (unpaired) electrons. The summed E-state index contributed by atoms with van der Waals surface area (Å²) in [5.41, 5.74) is 0.805. The average molecular weight is 302 g/mol. The highest BCUT2D eigenvalue weighted by Crippen LogP contribution is 2.37. The van der Waals surface area contributed by atoms with E-state index >= 15 is 0 Å². The van der Waals surface area contributed by atoms with Gasteiger partial charge in [-0.2, -0.15) is 0 Å². The van der Waals surface area contributed by atoms with Gasteiger partial charge in [0.1, 0.15) is 0 Å². The van der Waals surface area contributed by atoms with Crippen LogP contribution in [0.4, 0.5) is 5.13 Å². The van der Waals surface area contributed by atoms with Gasteiger partial charge in [-0.25, -0.2) is 13.4 Å². The Hall–Kier alpha value is -0.660. The molecule has 1 fully saturated rings. The fourth-order valence-corrected chi connectivity index (χ4v) is 5.74. The first-order valence-corrected chi connectivity index (χ1v) is 9.21. The monoisotopic (exact) mass is 302 g/mol. The zero-order valence-electron chi connectivity index (χ0n) is 10.9. The second kappa shape index (κ2) is 4.71. The van der Waals surface area contributed by atoms with Gasteiger partial charge in [0.05, 0.1) is 23.3 Å². The molecule has 1 saturated heterocycles. The Kier molecular flexibility index (Phi) is 3.31. The Morgan fingerprint density at radius 1 is 1.42 bits per heavy atom. The maximum absolute atomic E-state index is 11.5. The van der Waals surface area contributed by atoms with Crippen LogP contribution in [0.2, 0.25) is 0 Å². The van der Waals surface area contributed by atoms with E-state index in [0.29, 0.717) is 6.42 Å². The normalized spacial score (nSPS) is 29.2. The molecule has 2 atom stereocenters. The van der Waals surface area contributed by atoms with Crippen molar-refractivity contribution in [3.05, 3.63) is 10.6 Å². The molecular weight excluding hydrogens is 284 g/mol. The zero-order chi connectivity index (χ0) is 13.6. The molecule has 7 heteroatoms. The Balaban J connectivity index is 1.83. The molecule has 3 rings (SSSR count). The van der Waals surface area contributed by atoms with Crippen LogP contribution in [-0.4, -0.2) is 43.1 Å². The van der Waals surface area contributed by atoms with Gasteiger partial charge in [-0.3, -0.25) is 0 Å². The molecule has 0 saturated carbocycles. The van der Waals surface area contributed by atoms with Crippen LogP contribution < -0.4 is 4.90 Å². The van der Waals surface area contributed by atoms with E-state index in [2.05, 4.69) is 4.98 Å². The summed E-state index contributed by atoms with van der Waals surface area (Å²) in [6.45, 7) is 0. The molecule has 0 aromatic carbocycles. The summed E-state index contributed by atoms with van der Waals surface area (Å²) < 4.78 is 23.1. The molecular formula is C12H18N2O3S2. The highest BCUT2D eigenvalue weighted by molar-refractivity contribution is 7.91. The molecule has 5 nitrogen and oxygen atoms in total. The van der Waals surface area contributed by atoms with E-state index in [-0.39, 0.29) is 17.5 Å². The van der Waals surface area contributed by atoms with Crippen LogP contribution in [0.3, 0.4) is 0 Å². The molecule has 2 heterocycles. The van der Waals surface area contributed by atoms with Gasteiger partial charge in [-0.05, 0) is 25.7 Å². The SMILES string of the molecule is CN(c1nc2c(s1)CCCC2O)C1CCS(=O)(=O)C1. The van der Waals surface area contributed by atoms with E-state index in [4.69, 9.17) is 0 Å². The molecule has 2 unspecified atom stereocenters. The van der Waals surface area contributed by atoms with Gasteiger partial charge in [0.2, 0.25) is 0 Å². The lowest BCUT2D eigenvalue weighted by molar-refractivity contribution is 0.153. The Bertz CT molecular complexity index is 582. The lowest BCUT2D eigenvalue weighted by atomic mass is 10.0. The number of anilines is 1. The molecule has 1 aromatic heterocycles. The zero-order valence-corrected chi connectivity index (χ0v) is 12.5. The molecule has 1 aromatic rings. The third kappa shape index (κ3) is 2.51. The van der Waals surface area contributed by atoms with Gasteiger partial charge in [0, 0.05) is 18.0 Å². The number of thiazole rings is 1. The summed E-state index contributed by atoms with van der Waals surface area (Å²) in [5, 5.41) is 10.8. The summed E-state index contributed by atoms with van der Waals surface area (Å²) in [4.78, 5) is 7.65. The van der Waals surface area contributed by atoms with Crippen molar-refractivity contribution >= 4 is 26.3 Å². The van der Waals surface area contributed by atoms with Crippen LogP contribution in [0.1, 0.15) is 35.9 Å². The van der Waals surface area contributed by atoms with Gasteiger partial charge in [-0.1, -0.05) is 0 Å². The maximum atomic E-state index is 11.5. The lowest BCUT2D eigenvalue weighted by Crippen LogP contribution is -2.32. The smallest absolute Gasteiger partial charge is 0.185 e. The average Bonchev–Trinajstić information content (AvgIpc) is 2.92. The standard InChI is InChI=1S/C12H18N2O3S2/c1-14(8-5-6-19(16,17)7-8)12-13-11-9(15)3-2-4-10(11)18-12/h8-9,15H,2-7H2,1H3. The first kappa shape index (κ1) is 13.3. The molecule has 1 aliphatic heterocycles. The third-order valence-electron chi connectivity index (χ3n) is 3.97. The van der Waals surface area contributed by atoms with Crippen molar-refractivity contribution in [2.45, 2.75) is 37.8 Å². The summed E-state index contributed by atoms with van der Waals surface area (Å²) in [6, 6.07) is 0.0229. The Labute approximate surface area is 117 Å². The quantitative estimate of drug-likeness (QED) is 0.887. The molecule has 2 aliphatic rings. The van der Waals surface area contributed by atoms with Crippen LogP contribution in [0.15, 0.2) is 0 Å². The number of aromatic nitrogens is 1.